The third-order valence-electron chi connectivity index (χ3n) is 4.27. The van der Waals surface area contributed by atoms with Crippen LogP contribution in [0.2, 0.25) is 0 Å². The van der Waals surface area contributed by atoms with Crippen molar-refractivity contribution in [2.24, 2.45) is 0 Å². The van der Waals surface area contributed by atoms with Crippen LogP contribution in [-0.2, 0) is 22.7 Å². The molecule has 2 aromatic carbocycles. The highest BCUT2D eigenvalue weighted by Crippen LogP contribution is 2.32. The smallest absolute Gasteiger partial charge is 0.112 e. The van der Waals surface area contributed by atoms with E-state index in [0.29, 0.717) is 19.0 Å². The van der Waals surface area contributed by atoms with Crippen molar-refractivity contribution in [1.29, 1.82) is 0 Å². The molecule has 3 rings (SSSR count). The zero-order chi connectivity index (χ0) is 17.5. The van der Waals surface area contributed by atoms with Gasteiger partial charge >= 0.3 is 0 Å². The molecule has 0 aliphatic carbocycles. The summed E-state index contributed by atoms with van der Waals surface area (Å²) in [7, 11) is 0. The summed E-state index contributed by atoms with van der Waals surface area (Å²) in [6.07, 6.45) is -1.01. The van der Waals surface area contributed by atoms with Gasteiger partial charge in [0, 0.05) is 16.3 Å². The maximum atomic E-state index is 10.5. The van der Waals surface area contributed by atoms with Gasteiger partial charge in [-0.15, -0.1) is 0 Å². The predicted octanol–water partition coefficient (Wildman–Crippen LogP) is 4.03. The van der Waals surface area contributed by atoms with Crippen molar-refractivity contribution in [2.75, 3.05) is 11.1 Å². The highest BCUT2D eigenvalue weighted by Gasteiger charge is 2.40. The molecule has 5 heteroatoms. The third-order valence-corrected chi connectivity index (χ3v) is 6.80. The Hall–Kier alpha value is -0.850. The lowest BCUT2D eigenvalue weighted by Crippen LogP contribution is -2.52. The maximum absolute atomic E-state index is 10.5. The van der Waals surface area contributed by atoms with Crippen LogP contribution in [0.4, 0.5) is 0 Å². The summed E-state index contributed by atoms with van der Waals surface area (Å²) in [5.41, 5.74) is 2.23. The summed E-state index contributed by atoms with van der Waals surface area (Å²) in [5, 5.41) is 11.6. The molecule has 3 nitrogen and oxygen atoms in total. The summed E-state index contributed by atoms with van der Waals surface area (Å²) in [5.74, 6) is 0.668. The highest BCUT2D eigenvalue weighted by atomic mass is 79.9. The molecule has 1 N–H and O–H groups in total. The van der Waals surface area contributed by atoms with E-state index in [0.717, 1.165) is 16.5 Å². The molecule has 2 aromatic rings. The molecule has 1 saturated heterocycles. The minimum absolute atomic E-state index is 0.156. The Kier molecular flexibility index (Phi) is 7.37. The van der Waals surface area contributed by atoms with Gasteiger partial charge in [0.25, 0.3) is 0 Å². The van der Waals surface area contributed by atoms with Crippen molar-refractivity contribution in [3.8, 4) is 0 Å². The lowest BCUT2D eigenvalue weighted by molar-refractivity contribution is -0.128. The molecule has 1 heterocycles. The van der Waals surface area contributed by atoms with Crippen LogP contribution in [0.3, 0.4) is 0 Å². The highest BCUT2D eigenvalue weighted by molar-refractivity contribution is 9.09. The van der Waals surface area contributed by atoms with Crippen molar-refractivity contribution >= 4 is 27.7 Å². The quantitative estimate of drug-likeness (QED) is 0.683. The molecule has 134 valence electrons. The molecule has 1 aliphatic heterocycles. The van der Waals surface area contributed by atoms with Crippen molar-refractivity contribution in [2.45, 2.75) is 36.8 Å². The number of thioether (sulfide) groups is 1. The largest absolute Gasteiger partial charge is 0.389 e. The summed E-state index contributed by atoms with van der Waals surface area (Å²) < 4.78 is 12.3. The fourth-order valence-corrected chi connectivity index (χ4v) is 4.99. The molecule has 0 bridgehead atoms. The second-order valence-corrected chi connectivity index (χ2v) is 8.04. The SMILES string of the molecule is O[C@H]1CS[C@H](CBr)[C@@H](OCc2ccccc2)[C@@H]1OCc1ccccc1. The zero-order valence-corrected chi connectivity index (χ0v) is 16.4. The van der Waals surface area contributed by atoms with Gasteiger partial charge in [0.05, 0.1) is 25.4 Å². The van der Waals surface area contributed by atoms with E-state index in [1.54, 1.807) is 11.8 Å². The minimum Gasteiger partial charge on any atom is -0.389 e. The summed E-state index contributed by atoms with van der Waals surface area (Å²) in [6.45, 7) is 1.00. The van der Waals surface area contributed by atoms with Gasteiger partial charge in [0.1, 0.15) is 6.10 Å². The molecule has 0 saturated carbocycles. The summed E-state index contributed by atoms with van der Waals surface area (Å²) in [6, 6.07) is 20.2. The van der Waals surface area contributed by atoms with E-state index < -0.39 is 6.10 Å². The number of hydrogen-bond donors (Lipinski definition) is 1. The Labute approximate surface area is 161 Å². The van der Waals surface area contributed by atoms with Crippen LogP contribution in [0.5, 0.6) is 0 Å². The van der Waals surface area contributed by atoms with Crippen molar-refractivity contribution in [3.63, 3.8) is 0 Å². The zero-order valence-electron chi connectivity index (χ0n) is 14.0. The fraction of sp³-hybridized carbons (Fsp3) is 0.400. The first-order valence-corrected chi connectivity index (χ1v) is 10.6. The van der Waals surface area contributed by atoms with Crippen LogP contribution in [-0.4, -0.2) is 39.8 Å². The molecule has 4 atom stereocenters. The number of aliphatic hydroxyl groups excluding tert-OH is 1. The van der Waals surface area contributed by atoms with Gasteiger partial charge in [0.15, 0.2) is 0 Å². The molecule has 0 unspecified atom stereocenters. The van der Waals surface area contributed by atoms with E-state index in [-0.39, 0.29) is 17.5 Å². The van der Waals surface area contributed by atoms with Crippen molar-refractivity contribution in [1.82, 2.24) is 0 Å². The second kappa shape index (κ2) is 9.74. The first-order valence-electron chi connectivity index (χ1n) is 8.44. The van der Waals surface area contributed by atoms with E-state index in [1.807, 2.05) is 48.5 Å². The number of hydrogen-bond acceptors (Lipinski definition) is 4. The van der Waals surface area contributed by atoms with Gasteiger partial charge in [-0.2, -0.15) is 11.8 Å². The minimum atomic E-state index is -0.523. The lowest BCUT2D eigenvalue weighted by Gasteiger charge is -2.39. The molecule has 0 aromatic heterocycles. The molecule has 0 radical (unpaired) electrons. The van der Waals surface area contributed by atoms with Crippen LogP contribution in [0.15, 0.2) is 60.7 Å². The van der Waals surface area contributed by atoms with E-state index in [2.05, 4.69) is 28.1 Å². The molecule has 0 amide bonds. The number of alkyl halides is 1. The Morgan fingerprint density at radius 3 is 1.92 bits per heavy atom. The molecular weight excluding hydrogens is 400 g/mol. The first kappa shape index (κ1) is 18.9. The number of benzene rings is 2. The van der Waals surface area contributed by atoms with E-state index in [9.17, 15) is 5.11 Å². The Morgan fingerprint density at radius 2 is 1.40 bits per heavy atom. The molecule has 1 aliphatic rings. The fourth-order valence-electron chi connectivity index (χ4n) is 2.92. The van der Waals surface area contributed by atoms with E-state index in [1.165, 1.54) is 0 Å². The molecule has 25 heavy (non-hydrogen) atoms. The Morgan fingerprint density at radius 1 is 0.880 bits per heavy atom. The first-order chi connectivity index (χ1) is 12.3. The normalized spacial score (nSPS) is 26.5. The monoisotopic (exact) mass is 422 g/mol. The molecular formula is C20H23BrO3S. The van der Waals surface area contributed by atoms with Gasteiger partial charge < -0.3 is 14.6 Å². The van der Waals surface area contributed by atoms with Gasteiger partial charge in [-0.1, -0.05) is 76.6 Å². The lowest BCUT2D eigenvalue weighted by atomic mass is 10.0. The van der Waals surface area contributed by atoms with E-state index >= 15 is 0 Å². The van der Waals surface area contributed by atoms with Crippen LogP contribution in [0.1, 0.15) is 11.1 Å². The summed E-state index contributed by atoms with van der Waals surface area (Å²) >= 11 is 5.32. The van der Waals surface area contributed by atoms with Gasteiger partial charge in [-0.3, -0.25) is 0 Å². The third kappa shape index (κ3) is 5.31. The Bertz CT molecular complexity index is 625. The Balaban J connectivity index is 1.67. The standard InChI is InChI=1S/C20H23BrO3S/c21-11-18-20(24-13-16-9-5-2-6-10-16)19(17(22)14-25-18)23-12-15-7-3-1-4-8-15/h1-10,17-20,22H,11-14H2/t17-,18+,19+,20+/m0/s1. The summed E-state index contributed by atoms with van der Waals surface area (Å²) in [4.78, 5) is 0. The number of aliphatic hydroxyl groups is 1. The number of rotatable bonds is 7. The van der Waals surface area contributed by atoms with Crippen molar-refractivity contribution < 1.29 is 14.6 Å². The average molecular weight is 423 g/mol. The topological polar surface area (TPSA) is 38.7 Å². The van der Waals surface area contributed by atoms with Gasteiger partial charge in [-0.05, 0) is 11.1 Å². The van der Waals surface area contributed by atoms with Gasteiger partial charge in [0.2, 0.25) is 0 Å². The van der Waals surface area contributed by atoms with Crippen LogP contribution >= 0.6 is 27.7 Å². The predicted molar refractivity (Wildman–Crippen MR) is 106 cm³/mol. The average Bonchev–Trinajstić information content (AvgIpc) is 2.67. The van der Waals surface area contributed by atoms with Crippen LogP contribution in [0, 0.1) is 0 Å². The van der Waals surface area contributed by atoms with Crippen molar-refractivity contribution in [3.05, 3.63) is 71.8 Å². The second-order valence-electron chi connectivity index (χ2n) is 6.12. The molecule has 0 spiro atoms. The number of ether oxygens (including phenoxy) is 2. The van der Waals surface area contributed by atoms with Gasteiger partial charge in [-0.25, -0.2) is 0 Å². The van der Waals surface area contributed by atoms with Crippen LogP contribution < -0.4 is 0 Å². The maximum Gasteiger partial charge on any atom is 0.112 e. The van der Waals surface area contributed by atoms with Crippen LogP contribution in [0.25, 0.3) is 0 Å². The number of halogens is 1. The van der Waals surface area contributed by atoms with E-state index in [4.69, 9.17) is 9.47 Å². The molecule has 1 fully saturated rings.